The number of thiazole rings is 1. The Bertz CT molecular complexity index is 355. The topological polar surface area (TPSA) is 34.1 Å². The van der Waals surface area contributed by atoms with Gasteiger partial charge in [0.05, 0.1) is 5.69 Å². The normalized spacial score (nSPS) is 14.0. The van der Waals surface area contributed by atoms with Crippen molar-refractivity contribution in [2.75, 3.05) is 13.7 Å². The molecule has 1 aromatic rings. The van der Waals surface area contributed by atoms with Crippen LogP contribution in [0.4, 0.5) is 0 Å². The van der Waals surface area contributed by atoms with Crippen LogP contribution in [0.25, 0.3) is 0 Å². The molecule has 1 aromatic heterocycles. The lowest BCUT2D eigenvalue weighted by Crippen LogP contribution is -2.19. The average Bonchev–Trinajstić information content (AvgIpc) is 2.55. The van der Waals surface area contributed by atoms with Gasteiger partial charge in [0.25, 0.3) is 0 Å². The Morgan fingerprint density at radius 1 is 1.41 bits per heavy atom. The fourth-order valence-electron chi connectivity index (χ4n) is 1.79. The molecule has 0 saturated carbocycles. The molecular weight excluding hydrogens is 232 g/mol. The van der Waals surface area contributed by atoms with Gasteiger partial charge in [-0.2, -0.15) is 0 Å². The Labute approximate surface area is 109 Å². The highest BCUT2D eigenvalue weighted by Gasteiger charge is 2.29. The first kappa shape index (κ1) is 14.6. The summed E-state index contributed by atoms with van der Waals surface area (Å²) in [6, 6.07) is 0. The van der Waals surface area contributed by atoms with Crippen LogP contribution in [-0.2, 0) is 11.3 Å². The lowest BCUT2D eigenvalue weighted by atomic mass is 9.89. The van der Waals surface area contributed by atoms with Crippen LogP contribution in [0.1, 0.15) is 49.4 Å². The molecule has 17 heavy (non-hydrogen) atoms. The number of nitrogens with zero attached hydrogens (tertiary/aromatic N) is 1. The van der Waals surface area contributed by atoms with Crippen molar-refractivity contribution < 1.29 is 4.74 Å². The van der Waals surface area contributed by atoms with Crippen LogP contribution >= 0.6 is 11.3 Å². The van der Waals surface area contributed by atoms with Crippen molar-refractivity contribution in [3.63, 3.8) is 0 Å². The van der Waals surface area contributed by atoms with Crippen LogP contribution in [-0.4, -0.2) is 18.6 Å². The summed E-state index contributed by atoms with van der Waals surface area (Å²) in [6.07, 6.45) is 0.0709. The third-order valence-corrected chi connectivity index (χ3v) is 3.89. The van der Waals surface area contributed by atoms with E-state index in [0.717, 1.165) is 23.8 Å². The number of hydrogen-bond acceptors (Lipinski definition) is 4. The molecule has 3 nitrogen and oxygen atoms in total. The van der Waals surface area contributed by atoms with Gasteiger partial charge >= 0.3 is 0 Å². The Balaban J connectivity index is 2.91. The van der Waals surface area contributed by atoms with Crippen molar-refractivity contribution in [1.82, 2.24) is 10.3 Å². The molecule has 4 heteroatoms. The fraction of sp³-hybridized carbons (Fsp3) is 0.769. The zero-order chi connectivity index (χ0) is 13.1. The Hall–Kier alpha value is -0.450. The second-order valence-corrected chi connectivity index (χ2v) is 6.44. The van der Waals surface area contributed by atoms with Gasteiger partial charge in [-0.25, -0.2) is 4.98 Å². The minimum atomic E-state index is 0.0709. The Morgan fingerprint density at radius 3 is 2.53 bits per heavy atom. The maximum Gasteiger partial charge on any atom is 0.123 e. The molecule has 1 rings (SSSR count). The molecule has 0 fully saturated rings. The monoisotopic (exact) mass is 256 g/mol. The van der Waals surface area contributed by atoms with Crippen molar-refractivity contribution in [1.29, 1.82) is 0 Å². The van der Waals surface area contributed by atoms with Gasteiger partial charge in [0, 0.05) is 18.5 Å². The van der Waals surface area contributed by atoms with Crippen LogP contribution in [0.15, 0.2) is 0 Å². The molecule has 1 heterocycles. The molecular formula is C13H24N2OS. The highest BCUT2D eigenvalue weighted by Crippen LogP contribution is 2.38. The summed E-state index contributed by atoms with van der Waals surface area (Å²) in [5, 5.41) is 4.43. The number of ether oxygens (including phenoxy) is 1. The quantitative estimate of drug-likeness (QED) is 0.877. The van der Waals surface area contributed by atoms with E-state index in [9.17, 15) is 0 Å². The van der Waals surface area contributed by atoms with Gasteiger partial charge in [0.15, 0.2) is 0 Å². The van der Waals surface area contributed by atoms with Crippen molar-refractivity contribution in [3.8, 4) is 0 Å². The predicted octanol–water partition coefficient (Wildman–Crippen LogP) is 3.29. The van der Waals surface area contributed by atoms with Gasteiger partial charge in [-0.1, -0.05) is 27.7 Å². The summed E-state index contributed by atoms with van der Waals surface area (Å²) < 4.78 is 5.60. The first-order valence-electron chi connectivity index (χ1n) is 6.09. The van der Waals surface area contributed by atoms with E-state index in [1.54, 1.807) is 18.4 Å². The van der Waals surface area contributed by atoms with E-state index in [4.69, 9.17) is 4.74 Å². The van der Waals surface area contributed by atoms with Crippen LogP contribution in [0.3, 0.4) is 0 Å². The van der Waals surface area contributed by atoms with Gasteiger partial charge in [-0.3, -0.25) is 0 Å². The number of hydrogen-bond donors (Lipinski definition) is 1. The van der Waals surface area contributed by atoms with Gasteiger partial charge in [0.2, 0.25) is 0 Å². The maximum absolute atomic E-state index is 5.60. The minimum absolute atomic E-state index is 0.0709. The highest BCUT2D eigenvalue weighted by molar-refractivity contribution is 7.11. The zero-order valence-corrected chi connectivity index (χ0v) is 12.6. The second-order valence-electron chi connectivity index (χ2n) is 5.32. The fourth-order valence-corrected chi connectivity index (χ4v) is 3.15. The molecule has 1 N–H and O–H groups in total. The van der Waals surface area contributed by atoms with Gasteiger partial charge in [-0.05, 0) is 18.9 Å². The van der Waals surface area contributed by atoms with Crippen LogP contribution in [0, 0.1) is 12.3 Å². The third kappa shape index (κ3) is 3.76. The molecule has 0 aliphatic carbocycles. The number of aromatic nitrogens is 1. The lowest BCUT2D eigenvalue weighted by Gasteiger charge is -2.27. The first-order chi connectivity index (χ1) is 7.90. The molecule has 0 aliphatic rings. The second kappa shape index (κ2) is 5.94. The molecule has 0 aromatic carbocycles. The van der Waals surface area contributed by atoms with E-state index in [2.05, 4.69) is 44.9 Å². The Morgan fingerprint density at radius 2 is 2.06 bits per heavy atom. The van der Waals surface area contributed by atoms with Crippen LogP contribution < -0.4 is 5.32 Å². The summed E-state index contributed by atoms with van der Waals surface area (Å²) >= 11 is 1.76. The van der Waals surface area contributed by atoms with Crippen molar-refractivity contribution >= 4 is 11.3 Å². The van der Waals surface area contributed by atoms with E-state index in [1.165, 1.54) is 4.88 Å². The SMILES string of the molecule is CCNCc1sc(C(OC)C(C)(C)C)nc1C. The number of aryl methyl sites for hydroxylation is 1. The van der Waals surface area contributed by atoms with Crippen molar-refractivity contribution in [3.05, 3.63) is 15.6 Å². The lowest BCUT2D eigenvalue weighted by molar-refractivity contribution is 0.0150. The smallest absolute Gasteiger partial charge is 0.123 e. The minimum Gasteiger partial charge on any atom is -0.374 e. The van der Waals surface area contributed by atoms with Crippen LogP contribution in [0.5, 0.6) is 0 Å². The number of methoxy groups -OCH3 is 1. The number of rotatable bonds is 5. The van der Waals surface area contributed by atoms with E-state index in [-0.39, 0.29) is 11.5 Å². The molecule has 0 radical (unpaired) electrons. The van der Waals surface area contributed by atoms with E-state index < -0.39 is 0 Å². The van der Waals surface area contributed by atoms with Gasteiger partial charge in [-0.15, -0.1) is 11.3 Å². The van der Waals surface area contributed by atoms with Crippen molar-refractivity contribution in [2.45, 2.75) is 47.3 Å². The van der Waals surface area contributed by atoms with Crippen molar-refractivity contribution in [2.24, 2.45) is 5.41 Å². The zero-order valence-electron chi connectivity index (χ0n) is 11.8. The van der Waals surface area contributed by atoms with Crippen LogP contribution in [0.2, 0.25) is 0 Å². The molecule has 0 amide bonds. The maximum atomic E-state index is 5.60. The molecule has 1 atom stereocenters. The summed E-state index contributed by atoms with van der Waals surface area (Å²) in [5.41, 5.74) is 1.20. The van der Waals surface area contributed by atoms with E-state index in [0.29, 0.717) is 0 Å². The molecule has 1 unspecified atom stereocenters. The first-order valence-corrected chi connectivity index (χ1v) is 6.91. The molecule has 0 saturated heterocycles. The third-order valence-electron chi connectivity index (χ3n) is 2.69. The summed E-state index contributed by atoms with van der Waals surface area (Å²) in [7, 11) is 1.76. The summed E-state index contributed by atoms with van der Waals surface area (Å²) in [4.78, 5) is 5.97. The van der Waals surface area contributed by atoms with Gasteiger partial charge < -0.3 is 10.1 Å². The van der Waals surface area contributed by atoms with E-state index in [1.807, 2.05) is 0 Å². The molecule has 0 bridgehead atoms. The molecule has 98 valence electrons. The molecule has 0 spiro atoms. The highest BCUT2D eigenvalue weighted by atomic mass is 32.1. The average molecular weight is 256 g/mol. The standard InChI is InChI=1S/C13H24N2OS/c1-7-14-8-10-9(2)15-12(17-10)11(16-6)13(3,4)5/h11,14H,7-8H2,1-6H3. The largest absolute Gasteiger partial charge is 0.374 e. The summed E-state index contributed by atoms with van der Waals surface area (Å²) in [6.45, 7) is 12.6. The van der Waals surface area contributed by atoms with Gasteiger partial charge in [0.1, 0.15) is 11.1 Å². The summed E-state index contributed by atoms with van der Waals surface area (Å²) in [5.74, 6) is 0. The molecule has 0 aliphatic heterocycles. The predicted molar refractivity (Wildman–Crippen MR) is 73.4 cm³/mol. The Kier molecular flexibility index (Phi) is 5.10. The number of nitrogens with one attached hydrogen (secondary N) is 1. The van der Waals surface area contributed by atoms with E-state index >= 15 is 0 Å².